The molecule has 1 unspecified atom stereocenters. The van der Waals surface area contributed by atoms with Crippen LogP contribution in [0, 0.1) is 0 Å². The van der Waals surface area contributed by atoms with Gasteiger partial charge in [0.1, 0.15) is 0 Å². The van der Waals surface area contributed by atoms with Crippen LogP contribution in [0.1, 0.15) is 18.2 Å². The normalized spacial score (nSPS) is 22.8. The first-order valence-corrected chi connectivity index (χ1v) is 6.20. The highest BCUT2D eigenvalue weighted by molar-refractivity contribution is 7.15. The fraction of sp³-hybridized carbons (Fsp3) is 0.600. The van der Waals surface area contributed by atoms with Gasteiger partial charge in [0.15, 0.2) is 5.13 Å². The van der Waals surface area contributed by atoms with E-state index in [1.807, 2.05) is 6.92 Å². The first-order chi connectivity index (χ1) is 7.66. The van der Waals surface area contributed by atoms with Gasteiger partial charge in [-0.15, -0.1) is 11.3 Å². The average Bonchev–Trinajstić information content (AvgIpc) is 2.60. The molecular formula is C10H16N4OS. The maximum atomic E-state index is 11.6. The van der Waals surface area contributed by atoms with Crippen molar-refractivity contribution in [2.24, 2.45) is 0 Å². The summed E-state index contributed by atoms with van der Waals surface area (Å²) in [6, 6.07) is -0.0779. The topological polar surface area (TPSA) is 71.2 Å². The SMILES string of the molecule is CC1C(=O)NCCCN1Cc1cnc(N)s1. The number of nitrogen functional groups attached to an aromatic ring is 1. The molecular weight excluding hydrogens is 224 g/mol. The van der Waals surface area contributed by atoms with Crippen molar-refractivity contribution >= 4 is 22.4 Å². The molecule has 6 heteroatoms. The van der Waals surface area contributed by atoms with Gasteiger partial charge < -0.3 is 11.1 Å². The third kappa shape index (κ3) is 2.51. The third-order valence-corrected chi connectivity index (χ3v) is 3.59. The maximum Gasteiger partial charge on any atom is 0.237 e. The molecule has 0 aliphatic carbocycles. The standard InChI is InChI=1S/C10H16N4OS/c1-7-9(15)12-3-2-4-14(7)6-8-5-13-10(11)16-8/h5,7H,2-4,6H2,1H3,(H2,11,13)(H,12,15). The zero-order valence-electron chi connectivity index (χ0n) is 9.27. The molecule has 0 bridgehead atoms. The number of anilines is 1. The Morgan fingerprint density at radius 3 is 3.25 bits per heavy atom. The number of amides is 1. The van der Waals surface area contributed by atoms with Crippen molar-refractivity contribution in [3.8, 4) is 0 Å². The van der Waals surface area contributed by atoms with Crippen molar-refractivity contribution in [2.45, 2.75) is 25.9 Å². The van der Waals surface area contributed by atoms with E-state index in [1.165, 1.54) is 11.3 Å². The van der Waals surface area contributed by atoms with Crippen LogP contribution < -0.4 is 11.1 Å². The molecule has 1 saturated heterocycles. The minimum atomic E-state index is -0.0779. The first kappa shape index (κ1) is 11.3. The maximum absolute atomic E-state index is 11.6. The van der Waals surface area contributed by atoms with E-state index in [1.54, 1.807) is 6.20 Å². The Labute approximate surface area is 98.7 Å². The quantitative estimate of drug-likeness (QED) is 0.786. The van der Waals surface area contributed by atoms with Crippen LogP contribution in [0.5, 0.6) is 0 Å². The lowest BCUT2D eigenvalue weighted by Gasteiger charge is -2.24. The van der Waals surface area contributed by atoms with Crippen molar-refractivity contribution in [2.75, 3.05) is 18.8 Å². The van der Waals surface area contributed by atoms with Gasteiger partial charge in [0.05, 0.1) is 6.04 Å². The van der Waals surface area contributed by atoms with E-state index in [0.717, 1.165) is 30.9 Å². The molecule has 1 aliphatic heterocycles. The van der Waals surface area contributed by atoms with E-state index in [9.17, 15) is 4.79 Å². The summed E-state index contributed by atoms with van der Waals surface area (Å²) < 4.78 is 0. The lowest BCUT2D eigenvalue weighted by Crippen LogP contribution is -2.41. The van der Waals surface area contributed by atoms with E-state index in [2.05, 4.69) is 15.2 Å². The van der Waals surface area contributed by atoms with E-state index in [0.29, 0.717) is 5.13 Å². The number of carbonyl (C=O) groups excluding carboxylic acids is 1. The Kier molecular flexibility index (Phi) is 3.40. The van der Waals surface area contributed by atoms with Crippen molar-refractivity contribution < 1.29 is 4.79 Å². The first-order valence-electron chi connectivity index (χ1n) is 5.39. The molecule has 2 heterocycles. The number of aromatic nitrogens is 1. The lowest BCUT2D eigenvalue weighted by atomic mass is 10.2. The predicted molar refractivity (Wildman–Crippen MR) is 64.0 cm³/mol. The smallest absolute Gasteiger partial charge is 0.237 e. The summed E-state index contributed by atoms with van der Waals surface area (Å²) in [5.74, 6) is 0.106. The van der Waals surface area contributed by atoms with Crippen LogP contribution in [0.2, 0.25) is 0 Å². The van der Waals surface area contributed by atoms with Gasteiger partial charge in [-0.05, 0) is 13.3 Å². The molecule has 1 atom stereocenters. The molecule has 2 rings (SSSR count). The van der Waals surface area contributed by atoms with E-state index >= 15 is 0 Å². The summed E-state index contributed by atoms with van der Waals surface area (Å²) in [6.07, 6.45) is 2.78. The largest absolute Gasteiger partial charge is 0.375 e. The van der Waals surface area contributed by atoms with Crippen LogP contribution >= 0.6 is 11.3 Å². The fourth-order valence-corrected chi connectivity index (χ4v) is 2.52. The Bertz CT molecular complexity index is 379. The van der Waals surface area contributed by atoms with Crippen molar-refractivity contribution in [1.82, 2.24) is 15.2 Å². The molecule has 5 nitrogen and oxygen atoms in total. The number of thiazole rings is 1. The molecule has 0 spiro atoms. The summed E-state index contributed by atoms with van der Waals surface area (Å²) in [6.45, 7) is 4.39. The number of nitrogens with one attached hydrogen (secondary N) is 1. The van der Waals surface area contributed by atoms with Gasteiger partial charge in [0.25, 0.3) is 0 Å². The third-order valence-electron chi connectivity index (χ3n) is 2.78. The fourth-order valence-electron chi connectivity index (χ4n) is 1.81. The minimum Gasteiger partial charge on any atom is -0.375 e. The Balaban J connectivity index is 2.04. The molecule has 3 N–H and O–H groups in total. The predicted octanol–water partition coefficient (Wildman–Crippen LogP) is 0.436. The van der Waals surface area contributed by atoms with Crippen LogP contribution in [0.4, 0.5) is 5.13 Å². The van der Waals surface area contributed by atoms with Crippen LogP contribution in [0.25, 0.3) is 0 Å². The molecule has 1 aromatic heterocycles. The molecule has 1 aromatic rings. The summed E-state index contributed by atoms with van der Waals surface area (Å²) in [5.41, 5.74) is 5.59. The summed E-state index contributed by atoms with van der Waals surface area (Å²) in [7, 11) is 0. The van der Waals surface area contributed by atoms with Crippen molar-refractivity contribution in [3.05, 3.63) is 11.1 Å². The highest BCUT2D eigenvalue weighted by Crippen LogP contribution is 2.18. The van der Waals surface area contributed by atoms with Gasteiger partial charge in [-0.3, -0.25) is 9.69 Å². The van der Waals surface area contributed by atoms with Gasteiger partial charge in [-0.2, -0.15) is 0 Å². The highest BCUT2D eigenvalue weighted by atomic mass is 32.1. The van der Waals surface area contributed by atoms with E-state index in [-0.39, 0.29) is 11.9 Å². The highest BCUT2D eigenvalue weighted by Gasteiger charge is 2.23. The average molecular weight is 240 g/mol. The minimum absolute atomic E-state index is 0.0779. The van der Waals surface area contributed by atoms with Crippen LogP contribution in [0.3, 0.4) is 0 Å². The molecule has 1 amide bonds. The van der Waals surface area contributed by atoms with Crippen LogP contribution in [-0.4, -0.2) is 34.9 Å². The molecule has 0 radical (unpaired) electrons. The van der Waals surface area contributed by atoms with Gasteiger partial charge in [-0.25, -0.2) is 4.98 Å². The zero-order chi connectivity index (χ0) is 11.5. The molecule has 1 fully saturated rings. The molecule has 0 saturated carbocycles. The number of hydrogen-bond donors (Lipinski definition) is 2. The van der Waals surface area contributed by atoms with Gasteiger partial charge in [0.2, 0.25) is 5.91 Å². The van der Waals surface area contributed by atoms with Crippen molar-refractivity contribution in [1.29, 1.82) is 0 Å². The summed E-state index contributed by atoms with van der Waals surface area (Å²) in [5, 5.41) is 3.48. The lowest BCUT2D eigenvalue weighted by molar-refractivity contribution is -0.125. The van der Waals surface area contributed by atoms with Crippen LogP contribution in [0.15, 0.2) is 6.20 Å². The number of nitrogens with zero attached hydrogens (tertiary/aromatic N) is 2. The second-order valence-electron chi connectivity index (χ2n) is 3.96. The molecule has 16 heavy (non-hydrogen) atoms. The Hall–Kier alpha value is -1.14. The second-order valence-corrected chi connectivity index (χ2v) is 5.10. The van der Waals surface area contributed by atoms with Gasteiger partial charge in [0, 0.05) is 30.7 Å². The monoisotopic (exact) mass is 240 g/mol. The van der Waals surface area contributed by atoms with Crippen LogP contribution in [-0.2, 0) is 11.3 Å². The molecule has 0 aromatic carbocycles. The molecule has 1 aliphatic rings. The summed E-state index contributed by atoms with van der Waals surface area (Å²) in [4.78, 5) is 18.9. The summed E-state index contributed by atoms with van der Waals surface area (Å²) >= 11 is 1.48. The Morgan fingerprint density at radius 2 is 2.56 bits per heavy atom. The number of hydrogen-bond acceptors (Lipinski definition) is 5. The van der Waals surface area contributed by atoms with E-state index in [4.69, 9.17) is 5.73 Å². The van der Waals surface area contributed by atoms with Gasteiger partial charge in [-0.1, -0.05) is 0 Å². The number of nitrogens with two attached hydrogens (primary N) is 1. The van der Waals surface area contributed by atoms with E-state index < -0.39 is 0 Å². The zero-order valence-corrected chi connectivity index (χ0v) is 10.1. The second kappa shape index (κ2) is 4.80. The number of rotatable bonds is 2. The van der Waals surface area contributed by atoms with Crippen molar-refractivity contribution in [3.63, 3.8) is 0 Å². The number of carbonyl (C=O) groups is 1. The van der Waals surface area contributed by atoms with Gasteiger partial charge >= 0.3 is 0 Å². The molecule has 88 valence electrons. The Morgan fingerprint density at radius 1 is 1.75 bits per heavy atom.